The van der Waals surface area contributed by atoms with Crippen LogP contribution in [0, 0.1) is 19.8 Å². The molecule has 4 rings (SSSR count). The number of aryl methyl sites for hydroxylation is 2. The number of anilines is 1. The number of hydrogen-bond acceptors (Lipinski definition) is 6. The number of nitrogens with one attached hydrogen (secondary N) is 1. The molecule has 0 bridgehead atoms. The number of amides is 1. The summed E-state index contributed by atoms with van der Waals surface area (Å²) in [4.78, 5) is 29.2. The fraction of sp³-hybridized carbons (Fsp3) is 0.462. The first kappa shape index (κ1) is 26.0. The number of piperazine rings is 1. The Morgan fingerprint density at radius 2 is 1.78 bits per heavy atom. The third kappa shape index (κ3) is 5.19. The van der Waals surface area contributed by atoms with Crippen LogP contribution in [0.4, 0.5) is 5.69 Å². The lowest BCUT2D eigenvalue weighted by Crippen LogP contribution is -2.55. The molecule has 0 spiro atoms. The molecule has 0 saturated carbocycles. The zero-order valence-electron chi connectivity index (χ0n) is 21.4. The van der Waals surface area contributed by atoms with Gasteiger partial charge in [0.1, 0.15) is 6.04 Å². The van der Waals surface area contributed by atoms with Crippen molar-refractivity contribution in [3.63, 3.8) is 0 Å². The topological polar surface area (TPSA) is 105 Å². The van der Waals surface area contributed by atoms with Crippen LogP contribution >= 0.6 is 0 Å². The number of aromatic nitrogens is 1. The molecule has 1 atom stereocenters. The second-order valence-electron chi connectivity index (χ2n) is 9.89. The van der Waals surface area contributed by atoms with Gasteiger partial charge in [-0.3, -0.25) is 9.36 Å². The van der Waals surface area contributed by atoms with Gasteiger partial charge in [0.05, 0.1) is 10.4 Å². The normalized spacial score (nSPS) is 15.6. The average Bonchev–Trinajstić information content (AvgIpc) is 3.12. The minimum atomic E-state index is -4.03. The summed E-state index contributed by atoms with van der Waals surface area (Å²) in [5.74, 6) is -0.687. The van der Waals surface area contributed by atoms with Crippen LogP contribution in [0.2, 0.25) is 0 Å². The number of fused-ring (bicyclic) bond motifs is 1. The van der Waals surface area contributed by atoms with Crippen molar-refractivity contribution in [3.05, 3.63) is 58.1 Å². The predicted molar refractivity (Wildman–Crippen MR) is 140 cm³/mol. The summed E-state index contributed by atoms with van der Waals surface area (Å²) >= 11 is 0. The highest BCUT2D eigenvalue weighted by Crippen LogP contribution is 2.25. The molecule has 1 amide bonds. The minimum absolute atomic E-state index is 0.0503. The first-order valence-electron chi connectivity index (χ1n) is 12.2. The first-order valence-corrected chi connectivity index (χ1v) is 13.7. The summed E-state index contributed by atoms with van der Waals surface area (Å²) < 4.78 is 35.5. The summed E-state index contributed by atoms with van der Waals surface area (Å²) in [5, 5.41) is 0. The Hall–Kier alpha value is -3.11. The van der Waals surface area contributed by atoms with Gasteiger partial charge < -0.3 is 14.2 Å². The summed E-state index contributed by atoms with van der Waals surface area (Å²) in [6.45, 7) is 10.5. The van der Waals surface area contributed by atoms with Gasteiger partial charge in [-0.05, 0) is 55.5 Å². The van der Waals surface area contributed by atoms with E-state index in [-0.39, 0.29) is 22.3 Å². The Kier molecular flexibility index (Phi) is 7.28. The highest BCUT2D eigenvalue weighted by atomic mass is 32.2. The van der Waals surface area contributed by atoms with Gasteiger partial charge in [0.15, 0.2) is 5.58 Å². The third-order valence-corrected chi connectivity index (χ3v) is 8.35. The highest BCUT2D eigenvalue weighted by Gasteiger charge is 2.32. The monoisotopic (exact) mass is 514 g/mol. The van der Waals surface area contributed by atoms with Crippen LogP contribution < -0.4 is 15.4 Å². The highest BCUT2D eigenvalue weighted by molar-refractivity contribution is 7.89. The lowest BCUT2D eigenvalue weighted by Gasteiger charge is -2.38. The van der Waals surface area contributed by atoms with E-state index in [1.54, 1.807) is 11.9 Å². The van der Waals surface area contributed by atoms with Crippen molar-refractivity contribution in [2.24, 2.45) is 13.0 Å². The van der Waals surface area contributed by atoms with Crippen molar-refractivity contribution in [2.75, 3.05) is 31.1 Å². The van der Waals surface area contributed by atoms with Crippen LogP contribution in [-0.4, -0.2) is 56.0 Å². The Bertz CT molecular complexity index is 1430. The van der Waals surface area contributed by atoms with E-state index in [9.17, 15) is 18.0 Å². The number of carbonyl (C=O) groups excluding carboxylic acids is 1. The maximum atomic E-state index is 13.5. The predicted octanol–water partition coefficient (Wildman–Crippen LogP) is 2.79. The molecule has 2 aromatic carbocycles. The molecule has 2 heterocycles. The fourth-order valence-electron chi connectivity index (χ4n) is 4.67. The molecule has 3 aromatic rings. The fourth-order valence-corrected chi connectivity index (χ4v) is 5.89. The molecule has 0 unspecified atom stereocenters. The average molecular weight is 515 g/mol. The SMILES string of the molecule is Cc1cccc(N2CCN(C(=O)[C@H](CC(C)C)NS(=O)(=O)c3ccc4c(c3)oc(=O)n4C)CC2)c1C. The maximum absolute atomic E-state index is 13.5. The number of nitrogens with zero attached hydrogens (tertiary/aromatic N) is 3. The van der Waals surface area contributed by atoms with Crippen molar-refractivity contribution in [3.8, 4) is 0 Å². The van der Waals surface area contributed by atoms with E-state index in [4.69, 9.17) is 4.42 Å². The number of benzene rings is 2. The van der Waals surface area contributed by atoms with E-state index in [0.717, 1.165) is 0 Å². The molecular weight excluding hydrogens is 480 g/mol. The molecule has 1 aliphatic heterocycles. The molecule has 1 saturated heterocycles. The molecule has 36 heavy (non-hydrogen) atoms. The molecule has 10 heteroatoms. The summed E-state index contributed by atoms with van der Waals surface area (Å²) in [6, 6.07) is 9.60. The van der Waals surface area contributed by atoms with E-state index in [2.05, 4.69) is 35.6 Å². The Morgan fingerprint density at radius 3 is 2.44 bits per heavy atom. The smallest absolute Gasteiger partial charge is 0.408 e. The van der Waals surface area contributed by atoms with Crippen LogP contribution in [0.1, 0.15) is 31.4 Å². The molecule has 1 aliphatic rings. The van der Waals surface area contributed by atoms with Gasteiger partial charge in [-0.15, -0.1) is 0 Å². The van der Waals surface area contributed by atoms with Gasteiger partial charge in [-0.25, -0.2) is 13.2 Å². The number of sulfonamides is 1. The van der Waals surface area contributed by atoms with Gasteiger partial charge in [-0.1, -0.05) is 26.0 Å². The van der Waals surface area contributed by atoms with Crippen molar-refractivity contribution >= 4 is 32.7 Å². The number of oxazole rings is 1. The summed E-state index contributed by atoms with van der Waals surface area (Å²) in [6.07, 6.45) is 0.373. The molecule has 0 radical (unpaired) electrons. The first-order chi connectivity index (χ1) is 17.0. The van der Waals surface area contributed by atoms with Crippen LogP contribution in [0.15, 0.2) is 50.5 Å². The van der Waals surface area contributed by atoms with Crippen LogP contribution in [0.25, 0.3) is 11.1 Å². The van der Waals surface area contributed by atoms with Crippen LogP contribution in [0.5, 0.6) is 0 Å². The second-order valence-corrected chi connectivity index (χ2v) is 11.6. The Balaban J connectivity index is 1.50. The lowest BCUT2D eigenvalue weighted by atomic mass is 10.0. The van der Waals surface area contributed by atoms with Gasteiger partial charge in [0.25, 0.3) is 0 Å². The van der Waals surface area contributed by atoms with Crippen molar-refractivity contribution < 1.29 is 17.6 Å². The molecule has 194 valence electrons. The molecule has 1 aromatic heterocycles. The minimum Gasteiger partial charge on any atom is -0.408 e. The van der Waals surface area contributed by atoms with Crippen LogP contribution in [0.3, 0.4) is 0 Å². The summed E-state index contributed by atoms with van der Waals surface area (Å²) in [7, 11) is -2.47. The standard InChI is InChI=1S/C26H34N4O5S/c1-17(2)15-21(27-36(33,34)20-9-10-23-24(16-20)35-26(32)28(23)5)25(31)30-13-11-29(12-14-30)22-8-6-7-18(3)19(22)4/h6-10,16-17,21,27H,11-15H2,1-5H3/t21-/m0/s1. The van der Waals surface area contributed by atoms with Crippen molar-refractivity contribution in [1.82, 2.24) is 14.2 Å². The molecule has 1 fully saturated rings. The van der Waals surface area contributed by atoms with E-state index >= 15 is 0 Å². The lowest BCUT2D eigenvalue weighted by molar-refractivity contribution is -0.133. The van der Waals surface area contributed by atoms with Crippen molar-refractivity contribution in [2.45, 2.75) is 45.1 Å². The van der Waals surface area contributed by atoms with Crippen LogP contribution in [-0.2, 0) is 21.9 Å². The number of hydrogen-bond donors (Lipinski definition) is 1. The number of carbonyl (C=O) groups is 1. The van der Waals surface area contributed by atoms with E-state index in [0.29, 0.717) is 38.1 Å². The van der Waals surface area contributed by atoms with Gasteiger partial charge in [0, 0.05) is 45.0 Å². The molecule has 0 aliphatic carbocycles. The Labute approximate surface area is 211 Å². The van der Waals surface area contributed by atoms with Gasteiger partial charge >= 0.3 is 5.76 Å². The largest absolute Gasteiger partial charge is 0.419 e. The maximum Gasteiger partial charge on any atom is 0.419 e. The van der Waals surface area contributed by atoms with Gasteiger partial charge in [-0.2, -0.15) is 4.72 Å². The Morgan fingerprint density at radius 1 is 1.08 bits per heavy atom. The van der Waals surface area contributed by atoms with Gasteiger partial charge in [0.2, 0.25) is 15.9 Å². The zero-order valence-corrected chi connectivity index (χ0v) is 22.3. The molecule has 1 N–H and O–H groups in total. The molecule has 9 nitrogen and oxygen atoms in total. The summed E-state index contributed by atoms with van der Waals surface area (Å²) in [5.41, 5.74) is 4.30. The van der Waals surface area contributed by atoms with E-state index in [1.165, 1.54) is 39.6 Å². The third-order valence-electron chi connectivity index (χ3n) is 6.88. The second kappa shape index (κ2) is 10.1. The van der Waals surface area contributed by atoms with Crippen molar-refractivity contribution in [1.29, 1.82) is 0 Å². The number of rotatable bonds is 7. The van der Waals surface area contributed by atoms with E-state index < -0.39 is 21.8 Å². The van der Waals surface area contributed by atoms with E-state index in [1.807, 2.05) is 19.9 Å². The quantitative estimate of drug-likeness (QED) is 0.520. The zero-order chi connectivity index (χ0) is 26.2. The molecular formula is C26H34N4O5S.